The van der Waals surface area contributed by atoms with E-state index in [1.807, 2.05) is 38.1 Å². The third-order valence-electron chi connectivity index (χ3n) is 4.03. The Hall–Kier alpha value is -2.05. The summed E-state index contributed by atoms with van der Waals surface area (Å²) >= 11 is 9.52. The van der Waals surface area contributed by atoms with E-state index >= 15 is 0 Å². The van der Waals surface area contributed by atoms with Gasteiger partial charge in [0.25, 0.3) is 5.91 Å². The fourth-order valence-corrected chi connectivity index (χ4v) is 3.24. The predicted molar refractivity (Wildman–Crippen MR) is 114 cm³/mol. The lowest BCUT2D eigenvalue weighted by atomic mass is 10.1. The van der Waals surface area contributed by atoms with Gasteiger partial charge in [0.1, 0.15) is 11.8 Å². The van der Waals surface area contributed by atoms with Crippen molar-refractivity contribution >= 4 is 39.3 Å². The van der Waals surface area contributed by atoms with Gasteiger partial charge < -0.3 is 15.0 Å². The second-order valence-electron chi connectivity index (χ2n) is 6.71. The molecular formula is C21H24BrClN2O3. The Bertz CT molecular complexity index is 829. The maximum Gasteiger partial charge on any atom is 0.261 e. The van der Waals surface area contributed by atoms with E-state index < -0.39 is 6.04 Å². The van der Waals surface area contributed by atoms with Crippen molar-refractivity contribution < 1.29 is 14.3 Å². The molecule has 0 aromatic heterocycles. The Morgan fingerprint density at radius 2 is 1.86 bits per heavy atom. The van der Waals surface area contributed by atoms with E-state index in [0.29, 0.717) is 10.8 Å². The predicted octanol–water partition coefficient (Wildman–Crippen LogP) is 4.42. The van der Waals surface area contributed by atoms with E-state index in [4.69, 9.17) is 16.3 Å². The smallest absolute Gasteiger partial charge is 0.261 e. The van der Waals surface area contributed by atoms with Crippen LogP contribution in [0.5, 0.6) is 5.75 Å². The van der Waals surface area contributed by atoms with Crippen LogP contribution in [0.25, 0.3) is 0 Å². The Morgan fingerprint density at radius 1 is 1.14 bits per heavy atom. The summed E-state index contributed by atoms with van der Waals surface area (Å²) in [5.74, 6) is -0.0819. The van der Waals surface area contributed by atoms with Gasteiger partial charge in [-0.25, -0.2) is 0 Å². The lowest BCUT2D eigenvalue weighted by Gasteiger charge is -2.29. The van der Waals surface area contributed by atoms with E-state index in [1.54, 1.807) is 31.2 Å². The molecule has 2 aromatic rings. The van der Waals surface area contributed by atoms with E-state index in [1.165, 1.54) is 4.90 Å². The molecule has 0 aliphatic heterocycles. The average Bonchev–Trinajstić information content (AvgIpc) is 2.64. The largest absolute Gasteiger partial charge is 0.482 e. The maximum atomic E-state index is 12.9. The Labute approximate surface area is 179 Å². The number of benzene rings is 2. The number of hydrogen-bond donors (Lipinski definition) is 1. The number of carbonyl (C=O) groups is 2. The highest BCUT2D eigenvalue weighted by Gasteiger charge is 2.27. The molecule has 0 saturated carbocycles. The van der Waals surface area contributed by atoms with Crippen LogP contribution in [-0.4, -0.2) is 35.4 Å². The molecule has 5 nitrogen and oxygen atoms in total. The van der Waals surface area contributed by atoms with Crippen molar-refractivity contribution in [3.63, 3.8) is 0 Å². The summed E-state index contributed by atoms with van der Waals surface area (Å²) in [5, 5.41) is 3.28. The van der Waals surface area contributed by atoms with Gasteiger partial charge in [0.05, 0.1) is 5.02 Å². The van der Waals surface area contributed by atoms with Crippen LogP contribution in [0.2, 0.25) is 5.02 Å². The minimum atomic E-state index is -0.649. The molecule has 1 unspecified atom stereocenters. The number of ether oxygens (including phenoxy) is 1. The van der Waals surface area contributed by atoms with Gasteiger partial charge in [0, 0.05) is 17.1 Å². The third kappa shape index (κ3) is 6.53. The molecule has 0 spiro atoms. The molecule has 2 rings (SSSR count). The monoisotopic (exact) mass is 466 g/mol. The van der Waals surface area contributed by atoms with E-state index in [9.17, 15) is 9.59 Å². The molecule has 0 saturated heterocycles. The van der Waals surface area contributed by atoms with Gasteiger partial charge in [0.2, 0.25) is 5.91 Å². The van der Waals surface area contributed by atoms with Gasteiger partial charge in [-0.05, 0) is 50.6 Å². The van der Waals surface area contributed by atoms with Gasteiger partial charge in [-0.2, -0.15) is 0 Å². The summed E-state index contributed by atoms with van der Waals surface area (Å²) in [6.07, 6.45) is 0. The standard InChI is InChI=1S/C21H24BrClN2O3/c1-14(2)24-21(27)15(3)25(12-16-7-6-8-17(22)11-16)20(26)13-28-19-10-5-4-9-18(19)23/h4-11,14-15H,12-13H2,1-3H3,(H,24,27). The summed E-state index contributed by atoms with van der Waals surface area (Å²) in [6, 6.07) is 13.9. The summed E-state index contributed by atoms with van der Waals surface area (Å²) < 4.78 is 6.49. The first-order valence-corrected chi connectivity index (χ1v) is 10.2. The molecule has 0 fully saturated rings. The Morgan fingerprint density at radius 3 is 2.50 bits per heavy atom. The lowest BCUT2D eigenvalue weighted by Crippen LogP contribution is -2.50. The zero-order chi connectivity index (χ0) is 20.7. The number of amides is 2. The highest BCUT2D eigenvalue weighted by Crippen LogP contribution is 2.23. The molecule has 2 aromatic carbocycles. The molecule has 0 radical (unpaired) electrons. The van der Waals surface area contributed by atoms with Gasteiger partial charge in [-0.1, -0.05) is 51.8 Å². The molecule has 28 heavy (non-hydrogen) atoms. The molecule has 0 heterocycles. The van der Waals surface area contributed by atoms with Crippen LogP contribution < -0.4 is 10.1 Å². The van der Waals surface area contributed by atoms with E-state index in [2.05, 4.69) is 21.2 Å². The Kier molecular flexibility index (Phi) is 8.33. The van der Waals surface area contributed by atoms with Crippen molar-refractivity contribution in [2.45, 2.75) is 39.4 Å². The van der Waals surface area contributed by atoms with Crippen LogP contribution in [0.15, 0.2) is 53.0 Å². The second kappa shape index (κ2) is 10.5. The van der Waals surface area contributed by atoms with Crippen LogP contribution in [0.3, 0.4) is 0 Å². The molecule has 0 aliphatic carbocycles. The molecule has 1 atom stereocenters. The molecule has 0 aliphatic rings. The van der Waals surface area contributed by atoms with Crippen LogP contribution in [0, 0.1) is 0 Å². The van der Waals surface area contributed by atoms with Gasteiger partial charge >= 0.3 is 0 Å². The van der Waals surface area contributed by atoms with Crippen molar-refractivity contribution in [2.24, 2.45) is 0 Å². The van der Waals surface area contributed by atoms with Gasteiger partial charge in [-0.3, -0.25) is 9.59 Å². The first kappa shape index (κ1) is 22.2. The molecule has 0 bridgehead atoms. The summed E-state index contributed by atoms with van der Waals surface area (Å²) in [5.41, 5.74) is 0.907. The number of nitrogens with zero attached hydrogens (tertiary/aromatic N) is 1. The van der Waals surface area contributed by atoms with Crippen LogP contribution >= 0.6 is 27.5 Å². The first-order valence-electron chi connectivity index (χ1n) is 8.99. The van der Waals surface area contributed by atoms with E-state index in [-0.39, 0.29) is 31.0 Å². The van der Waals surface area contributed by atoms with Crippen molar-refractivity contribution in [2.75, 3.05) is 6.61 Å². The lowest BCUT2D eigenvalue weighted by molar-refractivity contribution is -0.142. The highest BCUT2D eigenvalue weighted by atomic mass is 79.9. The zero-order valence-electron chi connectivity index (χ0n) is 16.1. The number of carbonyl (C=O) groups excluding carboxylic acids is 2. The number of halogens is 2. The number of nitrogens with one attached hydrogen (secondary N) is 1. The number of rotatable bonds is 8. The van der Waals surface area contributed by atoms with Crippen molar-refractivity contribution in [3.8, 4) is 5.75 Å². The van der Waals surface area contributed by atoms with Crippen molar-refractivity contribution in [1.29, 1.82) is 0 Å². The Balaban J connectivity index is 2.17. The third-order valence-corrected chi connectivity index (χ3v) is 4.83. The molecule has 7 heteroatoms. The topological polar surface area (TPSA) is 58.6 Å². The second-order valence-corrected chi connectivity index (χ2v) is 8.03. The molecule has 150 valence electrons. The van der Waals surface area contributed by atoms with Gasteiger partial charge in [-0.15, -0.1) is 0 Å². The normalized spacial score (nSPS) is 11.8. The average molecular weight is 468 g/mol. The molecular weight excluding hydrogens is 444 g/mol. The summed E-state index contributed by atoms with van der Waals surface area (Å²) in [4.78, 5) is 26.9. The maximum absolute atomic E-state index is 12.9. The summed E-state index contributed by atoms with van der Waals surface area (Å²) in [7, 11) is 0. The molecule has 2 amide bonds. The number of hydrogen-bond acceptors (Lipinski definition) is 3. The number of para-hydroxylation sites is 1. The molecule has 1 N–H and O–H groups in total. The fourth-order valence-electron chi connectivity index (χ4n) is 2.60. The minimum absolute atomic E-state index is 0.0165. The van der Waals surface area contributed by atoms with Crippen molar-refractivity contribution in [3.05, 3.63) is 63.6 Å². The fraction of sp³-hybridized carbons (Fsp3) is 0.333. The quantitative estimate of drug-likeness (QED) is 0.625. The van der Waals surface area contributed by atoms with E-state index in [0.717, 1.165) is 10.0 Å². The minimum Gasteiger partial charge on any atom is -0.482 e. The van der Waals surface area contributed by atoms with Crippen molar-refractivity contribution in [1.82, 2.24) is 10.2 Å². The van der Waals surface area contributed by atoms with Crippen LogP contribution in [0.4, 0.5) is 0 Å². The highest BCUT2D eigenvalue weighted by molar-refractivity contribution is 9.10. The SMILES string of the molecule is CC(C)NC(=O)C(C)N(Cc1cccc(Br)c1)C(=O)COc1ccccc1Cl. The first-order chi connectivity index (χ1) is 13.3. The van der Waals surface area contributed by atoms with Gasteiger partial charge in [0.15, 0.2) is 6.61 Å². The van der Waals surface area contributed by atoms with Crippen LogP contribution in [-0.2, 0) is 16.1 Å². The zero-order valence-corrected chi connectivity index (χ0v) is 18.5. The van der Waals surface area contributed by atoms with Crippen LogP contribution in [0.1, 0.15) is 26.3 Å². The summed E-state index contributed by atoms with van der Waals surface area (Å²) in [6.45, 7) is 5.55.